The average molecular weight is 995 g/mol. The summed E-state index contributed by atoms with van der Waals surface area (Å²) in [5, 5.41) is 12.6. The molecule has 0 atom stereocenters. The number of aryl methyl sites for hydroxylation is 3. The fourth-order valence-electron chi connectivity index (χ4n) is 13.5. The van der Waals surface area contributed by atoms with Gasteiger partial charge in [-0.15, -0.1) is 0 Å². The number of nitrogens with zero attached hydrogens (tertiary/aromatic N) is 6. The van der Waals surface area contributed by atoms with Gasteiger partial charge in [-0.3, -0.25) is 0 Å². The van der Waals surface area contributed by atoms with Crippen molar-refractivity contribution in [2.45, 2.75) is 20.8 Å². The minimum absolute atomic E-state index is 0.0502. The molecule has 0 bridgehead atoms. The van der Waals surface area contributed by atoms with Crippen molar-refractivity contribution < 1.29 is 0 Å². The van der Waals surface area contributed by atoms with Crippen molar-refractivity contribution in [1.29, 1.82) is 0 Å². The van der Waals surface area contributed by atoms with Gasteiger partial charge in [-0.2, -0.15) is 0 Å². The van der Waals surface area contributed by atoms with Crippen LogP contribution in [0.25, 0.3) is 132 Å². The second-order valence-electron chi connectivity index (χ2n) is 21.2. The third-order valence-corrected chi connectivity index (χ3v) is 16.7. The van der Waals surface area contributed by atoms with Crippen LogP contribution in [-0.4, -0.2) is 35.8 Å². The summed E-state index contributed by atoms with van der Waals surface area (Å²) in [4.78, 5) is 19.9. The van der Waals surface area contributed by atoms with Crippen molar-refractivity contribution in [3.05, 3.63) is 248 Å². The fourth-order valence-corrected chi connectivity index (χ4v) is 13.5. The Morgan fingerprint density at radius 3 is 1.06 bits per heavy atom. The van der Waals surface area contributed by atoms with Crippen LogP contribution >= 0.6 is 0 Å². The quantitative estimate of drug-likeness (QED) is 0.118. The van der Waals surface area contributed by atoms with Crippen LogP contribution in [0, 0.1) is 20.8 Å². The molecule has 0 saturated heterocycles. The van der Waals surface area contributed by atoms with E-state index in [1.54, 1.807) is 0 Å². The van der Waals surface area contributed by atoms with Crippen LogP contribution in [0.15, 0.2) is 231 Å². The van der Waals surface area contributed by atoms with Crippen LogP contribution in [-0.2, 0) is 0 Å². The Morgan fingerprint density at radius 2 is 0.679 bits per heavy atom. The highest BCUT2D eigenvalue weighted by Gasteiger charge is 2.34. The molecule has 364 valence electrons. The average Bonchev–Trinajstić information content (AvgIpc) is 3.62. The number of hydrogen-bond donors (Lipinski definition) is 0. The van der Waals surface area contributed by atoms with E-state index in [9.17, 15) is 0 Å². The predicted molar refractivity (Wildman–Crippen MR) is 326 cm³/mol. The third-order valence-electron chi connectivity index (χ3n) is 16.7. The number of aromatic nitrogens is 6. The number of fused-ring (bicyclic) bond motifs is 6. The van der Waals surface area contributed by atoms with Crippen molar-refractivity contribution in [3.8, 4) is 56.4 Å². The maximum absolute atomic E-state index is 4.97. The van der Waals surface area contributed by atoms with Gasteiger partial charge < -0.3 is 9.13 Å². The van der Waals surface area contributed by atoms with E-state index in [1.807, 2.05) is 24.8 Å². The van der Waals surface area contributed by atoms with Gasteiger partial charge in [-0.05, 0) is 112 Å². The van der Waals surface area contributed by atoms with Gasteiger partial charge in [-0.1, -0.05) is 203 Å². The monoisotopic (exact) mass is 994 g/mol. The largest absolute Gasteiger partial charge is 0.306 e. The normalized spacial score (nSPS) is 12.3. The predicted octanol–water partition coefficient (Wildman–Crippen LogP) is 15.3. The van der Waals surface area contributed by atoms with Gasteiger partial charge in [0.2, 0.25) is 6.71 Å². The SMILES string of the molecule is Cc1cc(C)c(B2c3cccc4c(-c5ccc(-c6ncc(-n7c8ccccc8c8ccccc87)cn6)cc5)cc5cc(-c6ccc(-c7ncc(-n8c9ccccc9c9ccccc98)cn7)cc6)c6cccc2c6c5c34)c(C)c1. The van der Waals surface area contributed by atoms with E-state index < -0.39 is 0 Å². The Balaban J connectivity index is 0.816. The zero-order chi connectivity index (χ0) is 51.8. The molecule has 78 heavy (non-hydrogen) atoms. The lowest BCUT2D eigenvalue weighted by Crippen LogP contribution is -2.55. The summed E-state index contributed by atoms with van der Waals surface area (Å²) >= 11 is 0. The highest BCUT2D eigenvalue weighted by Crippen LogP contribution is 2.44. The summed E-state index contributed by atoms with van der Waals surface area (Å²) in [5.74, 6) is 1.38. The van der Waals surface area contributed by atoms with Gasteiger partial charge in [0, 0.05) is 32.7 Å². The van der Waals surface area contributed by atoms with Crippen LogP contribution in [0.2, 0.25) is 0 Å². The first kappa shape index (κ1) is 44.3. The molecule has 7 heteroatoms. The summed E-state index contributed by atoms with van der Waals surface area (Å²) in [6.07, 6.45) is 7.79. The van der Waals surface area contributed by atoms with Crippen molar-refractivity contribution in [2.24, 2.45) is 0 Å². The molecule has 11 aromatic carbocycles. The topological polar surface area (TPSA) is 61.4 Å². The number of hydrogen-bond acceptors (Lipinski definition) is 4. The highest BCUT2D eigenvalue weighted by molar-refractivity contribution is 7.00. The highest BCUT2D eigenvalue weighted by atomic mass is 15.0. The van der Waals surface area contributed by atoms with Crippen LogP contribution < -0.4 is 16.4 Å². The van der Waals surface area contributed by atoms with Crippen molar-refractivity contribution in [3.63, 3.8) is 0 Å². The lowest BCUT2D eigenvalue weighted by molar-refractivity contribution is 1.08. The molecule has 0 spiro atoms. The van der Waals surface area contributed by atoms with Crippen molar-refractivity contribution in [1.82, 2.24) is 29.1 Å². The maximum atomic E-state index is 4.97. The molecule has 6 nitrogen and oxygen atoms in total. The molecule has 5 heterocycles. The lowest BCUT2D eigenvalue weighted by atomic mass is 9.33. The van der Waals surface area contributed by atoms with Crippen LogP contribution in [0.5, 0.6) is 0 Å². The Kier molecular flexibility index (Phi) is 9.67. The molecule has 4 aromatic heterocycles. The number of rotatable bonds is 7. The first-order valence-electron chi connectivity index (χ1n) is 26.8. The Hall–Kier alpha value is -9.98. The molecule has 1 aliphatic rings. The van der Waals surface area contributed by atoms with Crippen LogP contribution in [0.1, 0.15) is 16.7 Å². The standard InChI is InChI=1S/C71H47BN6/c1-42-34-43(2)69(44(3)35-42)72-60-20-12-18-56-58(45-26-30-47(31-27-45)70-73-38-50(39-74-70)77-62-22-8-4-14-52(62)53-15-5-9-23-63(53)77)36-49-37-59(57-19-13-21-61(72)68(57)66(49)67(56)60)46-28-32-48(33-29-46)71-75-40-51(41-76-71)78-64-24-10-6-16-54(64)55-17-7-11-25-65(55)78/h4-41H,1-3H3. The first-order chi connectivity index (χ1) is 38.4. The van der Waals surface area contributed by atoms with E-state index in [-0.39, 0.29) is 6.71 Å². The summed E-state index contributed by atoms with van der Waals surface area (Å²) < 4.78 is 4.51. The smallest absolute Gasteiger partial charge is 0.243 e. The van der Waals surface area contributed by atoms with Gasteiger partial charge in [-0.25, -0.2) is 19.9 Å². The molecule has 1 aliphatic heterocycles. The van der Waals surface area contributed by atoms with Crippen molar-refractivity contribution in [2.75, 3.05) is 0 Å². The number of benzene rings is 11. The molecule has 15 aromatic rings. The molecule has 0 amide bonds. The van der Waals surface area contributed by atoms with Gasteiger partial charge in [0.15, 0.2) is 11.6 Å². The van der Waals surface area contributed by atoms with Crippen molar-refractivity contribution >= 4 is 99.0 Å². The minimum Gasteiger partial charge on any atom is -0.306 e. The lowest BCUT2D eigenvalue weighted by Gasteiger charge is -2.30. The second kappa shape index (κ2) is 17.0. The summed E-state index contributed by atoms with van der Waals surface area (Å²) in [5.41, 5.74) is 21.1. The number of para-hydroxylation sites is 4. The van der Waals surface area contributed by atoms with Crippen LogP contribution in [0.3, 0.4) is 0 Å². The Labute approximate surface area is 450 Å². The summed E-state index contributed by atoms with van der Waals surface area (Å²) in [6, 6.07) is 75.3. The van der Waals surface area contributed by atoms with Crippen LogP contribution in [0.4, 0.5) is 0 Å². The molecular weight excluding hydrogens is 948 g/mol. The molecule has 0 fully saturated rings. The Morgan fingerprint density at radius 1 is 0.333 bits per heavy atom. The molecule has 16 rings (SSSR count). The van der Waals surface area contributed by atoms with Gasteiger partial charge in [0.25, 0.3) is 0 Å². The molecule has 0 aliphatic carbocycles. The molecular formula is C71H47BN6. The van der Waals surface area contributed by atoms with E-state index in [0.717, 1.165) is 55.7 Å². The molecule has 0 N–H and O–H groups in total. The zero-order valence-corrected chi connectivity index (χ0v) is 43.2. The molecule has 0 radical (unpaired) electrons. The Bertz CT molecular complexity index is 4560. The fraction of sp³-hybridized carbons (Fsp3) is 0.0423. The minimum atomic E-state index is 0.0502. The van der Waals surface area contributed by atoms with Gasteiger partial charge >= 0.3 is 0 Å². The second-order valence-corrected chi connectivity index (χ2v) is 21.2. The molecule has 0 saturated carbocycles. The maximum Gasteiger partial charge on any atom is 0.243 e. The first-order valence-corrected chi connectivity index (χ1v) is 26.8. The van der Waals surface area contributed by atoms with E-state index in [0.29, 0.717) is 11.6 Å². The molecule has 0 unspecified atom stereocenters. The summed E-state index contributed by atoms with van der Waals surface area (Å²) in [6.45, 7) is 6.84. The van der Waals surface area contributed by atoms with E-state index in [4.69, 9.17) is 19.9 Å². The van der Waals surface area contributed by atoms with Gasteiger partial charge in [0.1, 0.15) is 0 Å². The van der Waals surface area contributed by atoms with Gasteiger partial charge in [0.05, 0.1) is 58.2 Å². The summed E-state index contributed by atoms with van der Waals surface area (Å²) in [7, 11) is 0. The van der Waals surface area contributed by atoms with E-state index >= 15 is 0 Å². The van der Waals surface area contributed by atoms with E-state index in [1.165, 1.54) is 98.1 Å². The zero-order valence-electron chi connectivity index (χ0n) is 43.2. The van der Waals surface area contributed by atoms with E-state index in [2.05, 4.69) is 236 Å². The third kappa shape index (κ3) is 6.58.